The first-order valence-corrected chi connectivity index (χ1v) is 7.39. The number of hydrazine groups is 1. The minimum atomic E-state index is -3.57. The quantitative estimate of drug-likeness (QED) is 0.494. The van der Waals surface area contributed by atoms with Crippen LogP contribution in [0.4, 0.5) is 5.82 Å². The third-order valence-electron chi connectivity index (χ3n) is 2.65. The standard InChI is InChI=1S/C11H16N6O2S/c1-17-8-9(7-14-17)2-5-15-20(18,19)10-3-4-13-11(6-10)16-12/h3-4,6-8,15H,2,5,12H2,1H3,(H,13,16). The van der Waals surface area contributed by atoms with Crippen LogP contribution in [0.25, 0.3) is 0 Å². The largest absolute Gasteiger partial charge is 0.308 e. The van der Waals surface area contributed by atoms with Crippen molar-refractivity contribution in [2.45, 2.75) is 11.3 Å². The molecule has 0 amide bonds. The molecule has 0 saturated carbocycles. The number of rotatable bonds is 6. The Kier molecular flexibility index (Phi) is 4.32. The van der Waals surface area contributed by atoms with Crippen molar-refractivity contribution in [1.29, 1.82) is 0 Å². The van der Waals surface area contributed by atoms with Crippen molar-refractivity contribution in [3.8, 4) is 0 Å². The summed E-state index contributed by atoms with van der Waals surface area (Å²) in [6.45, 7) is 0.293. The van der Waals surface area contributed by atoms with Crippen LogP contribution in [0.1, 0.15) is 5.56 Å². The molecule has 0 aliphatic carbocycles. The Morgan fingerprint density at radius 1 is 1.45 bits per heavy atom. The zero-order valence-corrected chi connectivity index (χ0v) is 11.8. The molecule has 0 atom stereocenters. The van der Waals surface area contributed by atoms with Crippen LogP contribution in [0.5, 0.6) is 0 Å². The molecular formula is C11H16N6O2S. The van der Waals surface area contributed by atoms with Crippen LogP contribution < -0.4 is 16.0 Å². The van der Waals surface area contributed by atoms with E-state index in [4.69, 9.17) is 5.84 Å². The molecule has 4 N–H and O–H groups in total. The smallest absolute Gasteiger partial charge is 0.240 e. The van der Waals surface area contributed by atoms with Crippen LogP contribution in [-0.2, 0) is 23.5 Å². The Balaban J connectivity index is 2.00. The fraction of sp³-hybridized carbons (Fsp3) is 0.273. The summed E-state index contributed by atoms with van der Waals surface area (Å²) in [4.78, 5) is 3.98. The Labute approximate surface area is 117 Å². The predicted octanol–water partition coefficient (Wildman–Crippen LogP) is -0.378. The van der Waals surface area contributed by atoms with E-state index in [1.807, 2.05) is 13.2 Å². The number of nitrogens with one attached hydrogen (secondary N) is 2. The number of nitrogens with zero attached hydrogens (tertiary/aromatic N) is 3. The molecule has 108 valence electrons. The summed E-state index contributed by atoms with van der Waals surface area (Å²) >= 11 is 0. The maximum absolute atomic E-state index is 12.1. The van der Waals surface area contributed by atoms with Gasteiger partial charge < -0.3 is 5.43 Å². The maximum Gasteiger partial charge on any atom is 0.240 e. The topological polar surface area (TPSA) is 115 Å². The Morgan fingerprint density at radius 3 is 2.90 bits per heavy atom. The number of pyridine rings is 1. The van der Waals surface area contributed by atoms with Crippen LogP contribution >= 0.6 is 0 Å². The van der Waals surface area contributed by atoms with Gasteiger partial charge in [0.25, 0.3) is 0 Å². The van der Waals surface area contributed by atoms with Crippen molar-refractivity contribution in [2.24, 2.45) is 12.9 Å². The second-order valence-corrected chi connectivity index (χ2v) is 5.96. The lowest BCUT2D eigenvalue weighted by molar-refractivity contribution is 0.581. The normalized spacial score (nSPS) is 11.5. The van der Waals surface area contributed by atoms with E-state index in [1.54, 1.807) is 10.9 Å². The van der Waals surface area contributed by atoms with Gasteiger partial charge in [-0.2, -0.15) is 5.10 Å². The predicted molar refractivity (Wildman–Crippen MR) is 74.1 cm³/mol. The summed E-state index contributed by atoms with van der Waals surface area (Å²) in [5.74, 6) is 5.50. The molecule has 0 saturated heterocycles. The first-order valence-electron chi connectivity index (χ1n) is 5.91. The molecule has 0 spiro atoms. The number of hydrogen-bond donors (Lipinski definition) is 3. The van der Waals surface area contributed by atoms with Gasteiger partial charge in [-0.25, -0.2) is 24.0 Å². The fourth-order valence-electron chi connectivity index (χ4n) is 1.67. The molecule has 2 aromatic rings. The molecular weight excluding hydrogens is 280 g/mol. The molecule has 9 heteroatoms. The van der Waals surface area contributed by atoms with E-state index in [1.165, 1.54) is 18.3 Å². The molecule has 20 heavy (non-hydrogen) atoms. The van der Waals surface area contributed by atoms with Crippen molar-refractivity contribution >= 4 is 15.8 Å². The molecule has 0 unspecified atom stereocenters. The molecule has 2 rings (SSSR count). The monoisotopic (exact) mass is 296 g/mol. The SMILES string of the molecule is Cn1cc(CCNS(=O)(=O)c2ccnc(NN)c2)cn1. The minimum Gasteiger partial charge on any atom is -0.308 e. The van der Waals surface area contributed by atoms with E-state index >= 15 is 0 Å². The maximum atomic E-state index is 12.1. The molecule has 0 aliphatic rings. The minimum absolute atomic E-state index is 0.117. The molecule has 0 bridgehead atoms. The Bertz CT molecular complexity index is 682. The zero-order chi connectivity index (χ0) is 14.6. The lowest BCUT2D eigenvalue weighted by atomic mass is 10.3. The third-order valence-corrected chi connectivity index (χ3v) is 4.11. The zero-order valence-electron chi connectivity index (χ0n) is 10.9. The summed E-state index contributed by atoms with van der Waals surface area (Å²) in [6, 6.07) is 2.78. The molecule has 8 nitrogen and oxygen atoms in total. The van der Waals surface area contributed by atoms with Crippen molar-refractivity contribution in [3.63, 3.8) is 0 Å². The fourth-order valence-corrected chi connectivity index (χ4v) is 2.72. The summed E-state index contributed by atoms with van der Waals surface area (Å²) < 4.78 is 28.3. The Hall–Kier alpha value is -1.97. The first-order chi connectivity index (χ1) is 9.51. The molecule has 2 heterocycles. The second-order valence-electron chi connectivity index (χ2n) is 4.19. The molecule has 2 aromatic heterocycles. The Morgan fingerprint density at radius 2 is 2.25 bits per heavy atom. The number of hydrogen-bond acceptors (Lipinski definition) is 6. The van der Waals surface area contributed by atoms with Gasteiger partial charge in [-0.3, -0.25) is 4.68 Å². The number of sulfonamides is 1. The highest BCUT2D eigenvalue weighted by molar-refractivity contribution is 7.89. The molecule has 0 aromatic carbocycles. The van der Waals surface area contributed by atoms with Gasteiger partial charge in [-0.15, -0.1) is 0 Å². The highest BCUT2D eigenvalue weighted by Crippen LogP contribution is 2.11. The van der Waals surface area contributed by atoms with Gasteiger partial charge in [0.1, 0.15) is 5.82 Å². The van der Waals surface area contributed by atoms with Gasteiger partial charge >= 0.3 is 0 Å². The van der Waals surface area contributed by atoms with Crippen molar-refractivity contribution in [1.82, 2.24) is 19.5 Å². The highest BCUT2D eigenvalue weighted by Gasteiger charge is 2.14. The summed E-state index contributed by atoms with van der Waals surface area (Å²) in [5, 5.41) is 4.02. The summed E-state index contributed by atoms with van der Waals surface area (Å²) in [7, 11) is -1.76. The van der Waals surface area contributed by atoms with Crippen molar-refractivity contribution in [3.05, 3.63) is 36.3 Å². The van der Waals surface area contributed by atoms with Gasteiger partial charge in [-0.1, -0.05) is 0 Å². The molecule has 0 fully saturated rings. The lowest BCUT2D eigenvalue weighted by Crippen LogP contribution is -2.26. The van der Waals surface area contributed by atoms with E-state index in [0.717, 1.165) is 5.56 Å². The van der Waals surface area contributed by atoms with Gasteiger partial charge in [-0.05, 0) is 18.1 Å². The summed E-state index contributed by atoms with van der Waals surface area (Å²) in [5.41, 5.74) is 3.28. The van der Waals surface area contributed by atoms with Crippen LogP contribution in [0.2, 0.25) is 0 Å². The van der Waals surface area contributed by atoms with Crippen LogP contribution in [-0.4, -0.2) is 29.7 Å². The average Bonchev–Trinajstić information content (AvgIpc) is 2.84. The van der Waals surface area contributed by atoms with E-state index in [2.05, 4.69) is 20.2 Å². The third kappa shape index (κ3) is 3.53. The van der Waals surface area contributed by atoms with E-state index < -0.39 is 10.0 Å². The van der Waals surface area contributed by atoms with Gasteiger partial charge in [0.2, 0.25) is 10.0 Å². The van der Waals surface area contributed by atoms with Crippen LogP contribution in [0.15, 0.2) is 35.6 Å². The number of anilines is 1. The molecule has 0 radical (unpaired) electrons. The van der Waals surface area contributed by atoms with Crippen LogP contribution in [0.3, 0.4) is 0 Å². The second kappa shape index (κ2) is 5.99. The van der Waals surface area contributed by atoms with Gasteiger partial charge in [0, 0.05) is 32.1 Å². The number of nitrogen functional groups attached to an aromatic ring is 1. The lowest BCUT2D eigenvalue weighted by Gasteiger charge is -2.07. The van der Waals surface area contributed by atoms with Crippen LogP contribution in [0, 0.1) is 0 Å². The molecule has 0 aliphatic heterocycles. The van der Waals surface area contributed by atoms with Gasteiger partial charge in [0.15, 0.2) is 0 Å². The number of nitrogens with two attached hydrogens (primary N) is 1. The van der Waals surface area contributed by atoms with E-state index in [9.17, 15) is 8.42 Å². The van der Waals surface area contributed by atoms with E-state index in [-0.39, 0.29) is 4.90 Å². The average molecular weight is 296 g/mol. The van der Waals surface area contributed by atoms with Crippen molar-refractivity contribution < 1.29 is 8.42 Å². The highest BCUT2D eigenvalue weighted by atomic mass is 32.2. The number of aromatic nitrogens is 3. The van der Waals surface area contributed by atoms with Gasteiger partial charge in [0.05, 0.1) is 11.1 Å². The summed E-state index contributed by atoms with van der Waals surface area (Å²) in [6.07, 6.45) is 5.50. The number of aryl methyl sites for hydroxylation is 1. The van der Waals surface area contributed by atoms with Crippen molar-refractivity contribution in [2.75, 3.05) is 12.0 Å². The first kappa shape index (κ1) is 14.4. The van der Waals surface area contributed by atoms with E-state index in [0.29, 0.717) is 18.8 Å².